The molecular weight excluding hydrogens is 425 g/mol. The van der Waals surface area contributed by atoms with Crippen LogP contribution in [-0.4, -0.2) is 45.7 Å². The summed E-state index contributed by atoms with van der Waals surface area (Å²) < 4.78 is 18.9. The van der Waals surface area contributed by atoms with Gasteiger partial charge in [0, 0.05) is 24.0 Å². The van der Waals surface area contributed by atoms with Gasteiger partial charge >= 0.3 is 0 Å². The first kappa shape index (κ1) is 21.5. The fourth-order valence-corrected chi connectivity index (χ4v) is 4.62. The molecule has 3 fully saturated rings. The second-order valence-electron chi connectivity index (χ2n) is 8.26. The molecule has 2 amide bonds. The van der Waals surface area contributed by atoms with Gasteiger partial charge in [-0.15, -0.1) is 0 Å². The van der Waals surface area contributed by atoms with E-state index in [1.54, 1.807) is 18.3 Å². The average Bonchev–Trinajstić information content (AvgIpc) is 2.76. The second kappa shape index (κ2) is 8.43. The number of amides is 2. The third-order valence-electron chi connectivity index (χ3n) is 6.27. The smallest absolute Gasteiger partial charge is 0.258 e. The Morgan fingerprint density at radius 1 is 1.23 bits per heavy atom. The molecule has 3 N–H and O–H groups in total. The van der Waals surface area contributed by atoms with Crippen LogP contribution in [0.15, 0.2) is 42.7 Å². The van der Waals surface area contributed by atoms with Crippen LogP contribution in [0, 0.1) is 5.82 Å². The highest BCUT2D eigenvalue weighted by Gasteiger charge is 2.55. The van der Waals surface area contributed by atoms with Crippen molar-refractivity contribution in [1.82, 2.24) is 15.6 Å². The van der Waals surface area contributed by atoms with Crippen LogP contribution < -0.4 is 15.4 Å². The van der Waals surface area contributed by atoms with Gasteiger partial charge in [0.25, 0.3) is 11.8 Å². The predicted molar refractivity (Wildman–Crippen MR) is 111 cm³/mol. The van der Waals surface area contributed by atoms with Crippen molar-refractivity contribution in [2.75, 3.05) is 6.61 Å². The van der Waals surface area contributed by atoms with Gasteiger partial charge in [0.1, 0.15) is 11.6 Å². The van der Waals surface area contributed by atoms with Gasteiger partial charge in [-0.3, -0.25) is 14.6 Å². The fraction of sp³-hybridized carbons (Fsp3) is 0.409. The summed E-state index contributed by atoms with van der Waals surface area (Å²) in [5, 5.41) is 16.8. The van der Waals surface area contributed by atoms with E-state index in [9.17, 15) is 19.1 Å². The van der Waals surface area contributed by atoms with Crippen molar-refractivity contribution < 1.29 is 23.8 Å². The summed E-state index contributed by atoms with van der Waals surface area (Å²) in [6.45, 7) is -0.276. The lowest BCUT2D eigenvalue weighted by atomic mass is 9.60. The highest BCUT2D eigenvalue weighted by molar-refractivity contribution is 6.30. The number of carbonyl (C=O) groups excluding carboxylic acids is 2. The van der Waals surface area contributed by atoms with Crippen molar-refractivity contribution in [3.8, 4) is 5.75 Å². The van der Waals surface area contributed by atoms with E-state index < -0.39 is 23.0 Å². The Hall–Kier alpha value is -2.71. The Balaban J connectivity index is 1.34. The van der Waals surface area contributed by atoms with E-state index >= 15 is 0 Å². The van der Waals surface area contributed by atoms with E-state index in [2.05, 4.69) is 15.6 Å². The lowest BCUT2D eigenvalue weighted by Crippen LogP contribution is -2.70. The van der Waals surface area contributed by atoms with Crippen LogP contribution in [0.5, 0.6) is 5.75 Å². The zero-order chi connectivity index (χ0) is 22.1. The number of rotatable bonds is 6. The molecule has 1 aromatic carbocycles. The number of hydrogen-bond acceptors (Lipinski definition) is 5. The maximum absolute atomic E-state index is 13.5. The Kier molecular flexibility index (Phi) is 5.85. The summed E-state index contributed by atoms with van der Waals surface area (Å²) in [6.07, 6.45) is 4.96. The summed E-state index contributed by atoms with van der Waals surface area (Å²) in [4.78, 5) is 29.0. The maximum Gasteiger partial charge on any atom is 0.258 e. The maximum atomic E-state index is 13.5. The van der Waals surface area contributed by atoms with Crippen LogP contribution in [0.2, 0.25) is 5.02 Å². The average molecular weight is 448 g/mol. The van der Waals surface area contributed by atoms with Gasteiger partial charge in [-0.2, -0.15) is 0 Å². The first-order chi connectivity index (χ1) is 14.8. The third kappa shape index (κ3) is 4.50. The van der Waals surface area contributed by atoms with E-state index in [0.717, 1.165) is 6.07 Å². The summed E-state index contributed by atoms with van der Waals surface area (Å²) in [7, 11) is 0. The first-order valence-electron chi connectivity index (χ1n) is 10.1. The van der Waals surface area contributed by atoms with Gasteiger partial charge in [0.05, 0.1) is 22.2 Å². The molecule has 164 valence electrons. The molecule has 7 nitrogen and oxygen atoms in total. The van der Waals surface area contributed by atoms with Crippen molar-refractivity contribution >= 4 is 23.4 Å². The monoisotopic (exact) mass is 447 g/mol. The molecule has 1 heterocycles. The SMILES string of the molecule is O=C(COc1ccc(Cl)c(F)c1)NC12CCC(NC(=O)c3cccnc3)(CC1)[C@@H](O)C2. The number of nitrogens with zero attached hydrogens (tertiary/aromatic N) is 1. The number of pyridine rings is 1. The molecular formula is C22H23ClFN3O4. The van der Waals surface area contributed by atoms with Crippen molar-refractivity contribution in [2.24, 2.45) is 0 Å². The molecule has 0 unspecified atom stereocenters. The van der Waals surface area contributed by atoms with E-state index in [4.69, 9.17) is 16.3 Å². The Labute approximate surface area is 184 Å². The molecule has 5 rings (SSSR count). The second-order valence-corrected chi connectivity index (χ2v) is 8.67. The molecule has 2 bridgehead atoms. The Morgan fingerprint density at radius 2 is 2.00 bits per heavy atom. The van der Waals surface area contributed by atoms with Gasteiger partial charge in [0.15, 0.2) is 6.61 Å². The molecule has 2 aromatic rings. The number of fused-ring (bicyclic) bond motifs is 3. The van der Waals surface area contributed by atoms with Crippen molar-refractivity contribution in [3.63, 3.8) is 0 Å². The quantitative estimate of drug-likeness (QED) is 0.632. The minimum atomic E-state index is -0.790. The molecule has 0 saturated heterocycles. The zero-order valence-corrected chi connectivity index (χ0v) is 17.5. The normalized spacial score (nSPS) is 26.9. The number of ether oxygens (including phenoxy) is 1. The number of aromatic nitrogens is 1. The van der Waals surface area contributed by atoms with Gasteiger partial charge in [0.2, 0.25) is 0 Å². The van der Waals surface area contributed by atoms with E-state index in [-0.39, 0.29) is 29.2 Å². The molecule has 1 atom stereocenters. The van der Waals surface area contributed by atoms with Crippen LogP contribution in [0.25, 0.3) is 0 Å². The number of halogens is 2. The minimum absolute atomic E-state index is 0.0202. The fourth-order valence-electron chi connectivity index (χ4n) is 4.50. The number of benzene rings is 1. The molecule has 3 saturated carbocycles. The van der Waals surface area contributed by atoms with E-state index in [0.29, 0.717) is 37.7 Å². The van der Waals surface area contributed by atoms with Crippen LogP contribution in [0.1, 0.15) is 42.5 Å². The predicted octanol–water partition coefficient (Wildman–Crippen LogP) is 2.62. The minimum Gasteiger partial charge on any atom is -0.484 e. The number of aliphatic hydroxyl groups excluding tert-OH is 1. The molecule has 0 aliphatic heterocycles. The molecule has 0 spiro atoms. The molecule has 3 aliphatic carbocycles. The standard InChI is InChI=1S/C22H23ClFN3O4/c23-16-4-3-15(10-17(16)24)31-13-19(29)26-21-5-7-22(8-6-21,18(28)11-21)27-20(30)14-2-1-9-25-12-14/h1-4,9-10,12,18,28H,5-8,11,13H2,(H,26,29)(H,27,30)/t18-,21?,22?/m0/s1. The number of nitrogens with one attached hydrogen (secondary N) is 2. The van der Waals surface area contributed by atoms with Crippen LogP contribution in [-0.2, 0) is 4.79 Å². The molecule has 9 heteroatoms. The number of aliphatic hydroxyl groups is 1. The van der Waals surface area contributed by atoms with Crippen molar-refractivity contribution in [1.29, 1.82) is 0 Å². The van der Waals surface area contributed by atoms with Crippen molar-refractivity contribution in [2.45, 2.75) is 49.3 Å². The van der Waals surface area contributed by atoms with Crippen LogP contribution >= 0.6 is 11.6 Å². The summed E-state index contributed by atoms with van der Waals surface area (Å²) in [6, 6.07) is 7.33. The van der Waals surface area contributed by atoms with Gasteiger partial charge in [-0.25, -0.2) is 4.39 Å². The third-order valence-corrected chi connectivity index (χ3v) is 6.58. The highest BCUT2D eigenvalue weighted by Crippen LogP contribution is 2.47. The van der Waals surface area contributed by atoms with Gasteiger partial charge in [-0.05, 0) is 56.4 Å². The van der Waals surface area contributed by atoms with Gasteiger partial charge in [-0.1, -0.05) is 11.6 Å². The van der Waals surface area contributed by atoms with E-state index in [1.165, 1.54) is 18.3 Å². The number of hydrogen-bond donors (Lipinski definition) is 3. The molecule has 31 heavy (non-hydrogen) atoms. The lowest BCUT2D eigenvalue weighted by Gasteiger charge is -2.56. The van der Waals surface area contributed by atoms with Crippen molar-refractivity contribution in [3.05, 3.63) is 59.1 Å². The zero-order valence-electron chi connectivity index (χ0n) is 16.7. The largest absolute Gasteiger partial charge is 0.484 e. The van der Waals surface area contributed by atoms with E-state index in [1.807, 2.05) is 0 Å². The van der Waals surface area contributed by atoms with Crippen LogP contribution in [0.3, 0.4) is 0 Å². The molecule has 3 aliphatic rings. The summed E-state index contributed by atoms with van der Waals surface area (Å²) in [5.74, 6) is -1.03. The number of carbonyl (C=O) groups is 2. The van der Waals surface area contributed by atoms with Gasteiger partial charge < -0.3 is 20.5 Å². The summed E-state index contributed by atoms with van der Waals surface area (Å²) >= 11 is 5.64. The first-order valence-corrected chi connectivity index (χ1v) is 10.5. The molecule has 0 radical (unpaired) electrons. The Morgan fingerprint density at radius 3 is 2.65 bits per heavy atom. The molecule has 1 aromatic heterocycles. The van der Waals surface area contributed by atoms with Crippen LogP contribution in [0.4, 0.5) is 4.39 Å². The highest BCUT2D eigenvalue weighted by atomic mass is 35.5. The summed E-state index contributed by atoms with van der Waals surface area (Å²) in [5.41, 5.74) is -0.821. The topological polar surface area (TPSA) is 101 Å². The lowest BCUT2D eigenvalue weighted by molar-refractivity contribution is -0.129. The Bertz CT molecular complexity index is 980.